The van der Waals surface area contributed by atoms with E-state index in [-0.39, 0.29) is 17.4 Å². The van der Waals surface area contributed by atoms with Crippen LogP contribution in [0.4, 0.5) is 5.69 Å². The number of aromatic hydroxyl groups is 2. The van der Waals surface area contributed by atoms with Gasteiger partial charge in [-0.2, -0.15) is 0 Å². The van der Waals surface area contributed by atoms with Crippen LogP contribution in [0.2, 0.25) is 0 Å². The molecule has 0 bridgehead atoms. The van der Waals surface area contributed by atoms with E-state index >= 15 is 0 Å². The molecule has 0 unspecified atom stereocenters. The van der Waals surface area contributed by atoms with Gasteiger partial charge in [0.15, 0.2) is 0 Å². The molecule has 4 nitrogen and oxygen atoms in total. The Hall–Kier alpha value is -4.05. The number of fused-ring (bicyclic) bond motifs is 1. The maximum absolute atomic E-state index is 14.1. The van der Waals surface area contributed by atoms with E-state index in [1.807, 2.05) is 58.0 Å². The number of carbonyl (C=O) groups is 1. The maximum Gasteiger partial charge on any atom is 0.244 e. The summed E-state index contributed by atoms with van der Waals surface area (Å²) in [5, 5.41) is 24.2. The molecule has 0 saturated carbocycles. The van der Waals surface area contributed by atoms with Crippen LogP contribution in [0.15, 0.2) is 66.7 Å². The second-order valence-corrected chi connectivity index (χ2v) is 10.7. The molecule has 4 heteroatoms. The molecule has 4 aromatic rings. The maximum atomic E-state index is 14.1. The lowest BCUT2D eigenvalue weighted by atomic mass is 9.68. The van der Waals surface area contributed by atoms with Gasteiger partial charge in [0.2, 0.25) is 5.91 Å². The zero-order chi connectivity index (χ0) is 26.6. The summed E-state index contributed by atoms with van der Waals surface area (Å²) in [6.45, 7) is 11.8. The van der Waals surface area contributed by atoms with E-state index in [4.69, 9.17) is 0 Å². The number of nitrogens with one attached hydrogen (secondary N) is 1. The first-order valence-corrected chi connectivity index (χ1v) is 12.7. The molecular weight excluding hydrogens is 458 g/mol. The first-order chi connectivity index (χ1) is 17.5. The molecule has 0 saturated heterocycles. The van der Waals surface area contributed by atoms with Gasteiger partial charge in [-0.15, -0.1) is 0 Å². The Labute approximate surface area is 218 Å². The minimum atomic E-state index is -1.12. The van der Waals surface area contributed by atoms with Crippen LogP contribution in [-0.2, 0) is 10.2 Å². The molecule has 0 aromatic heterocycles. The van der Waals surface area contributed by atoms with E-state index in [1.165, 1.54) is 5.56 Å². The molecule has 188 valence electrons. The highest BCUT2D eigenvalue weighted by Gasteiger charge is 2.50. The number of hydrogen-bond acceptors (Lipinski definition) is 3. The predicted molar refractivity (Wildman–Crippen MR) is 150 cm³/mol. The molecule has 0 fully saturated rings. The second-order valence-electron chi connectivity index (χ2n) is 10.7. The molecule has 5 rings (SSSR count). The van der Waals surface area contributed by atoms with Crippen molar-refractivity contribution in [2.75, 3.05) is 5.32 Å². The summed E-state index contributed by atoms with van der Waals surface area (Å²) in [5.41, 5.74) is 8.33. The monoisotopic (exact) mass is 491 g/mol. The summed E-state index contributed by atoms with van der Waals surface area (Å²) in [4.78, 5) is 14.1. The Morgan fingerprint density at radius 1 is 0.703 bits per heavy atom. The SMILES string of the molecule is Cc1cc(C2(c3cc(C)c(O)c(C)c3)C(=O)Nc3cc(-c4cccc(C(C)C)c4)ccc32)cc(C)c1O. The van der Waals surface area contributed by atoms with Crippen molar-refractivity contribution in [1.29, 1.82) is 0 Å². The van der Waals surface area contributed by atoms with Gasteiger partial charge in [-0.1, -0.05) is 74.5 Å². The molecule has 1 aliphatic heterocycles. The number of rotatable bonds is 4. The van der Waals surface area contributed by atoms with E-state index in [0.29, 0.717) is 28.2 Å². The van der Waals surface area contributed by atoms with Gasteiger partial charge in [-0.3, -0.25) is 4.79 Å². The molecule has 0 aliphatic carbocycles. The highest BCUT2D eigenvalue weighted by molar-refractivity contribution is 6.12. The summed E-state index contributed by atoms with van der Waals surface area (Å²) in [6.07, 6.45) is 0. The fraction of sp³-hybridized carbons (Fsp3) is 0.242. The normalized spacial score (nSPS) is 14.1. The van der Waals surface area contributed by atoms with Crippen LogP contribution in [0, 0.1) is 27.7 Å². The summed E-state index contributed by atoms with van der Waals surface area (Å²) < 4.78 is 0. The van der Waals surface area contributed by atoms with Crippen LogP contribution < -0.4 is 5.32 Å². The molecule has 4 aromatic carbocycles. The average Bonchev–Trinajstić information content (AvgIpc) is 3.16. The van der Waals surface area contributed by atoms with Crippen LogP contribution >= 0.6 is 0 Å². The molecule has 3 N–H and O–H groups in total. The number of aryl methyl sites for hydroxylation is 4. The van der Waals surface area contributed by atoms with Crippen molar-refractivity contribution in [2.24, 2.45) is 0 Å². The van der Waals surface area contributed by atoms with Crippen molar-refractivity contribution < 1.29 is 15.0 Å². The number of anilines is 1. The highest BCUT2D eigenvalue weighted by Crippen LogP contribution is 2.50. The van der Waals surface area contributed by atoms with E-state index < -0.39 is 5.41 Å². The Bertz CT molecular complexity index is 1460. The zero-order valence-corrected chi connectivity index (χ0v) is 22.2. The van der Waals surface area contributed by atoms with Crippen LogP contribution in [0.25, 0.3) is 11.1 Å². The third kappa shape index (κ3) is 3.79. The largest absolute Gasteiger partial charge is 0.507 e. The quantitative estimate of drug-likeness (QED) is 0.278. The number of benzene rings is 4. The molecule has 37 heavy (non-hydrogen) atoms. The van der Waals surface area contributed by atoms with Gasteiger partial charge < -0.3 is 15.5 Å². The van der Waals surface area contributed by atoms with Crippen molar-refractivity contribution in [1.82, 2.24) is 0 Å². The average molecular weight is 492 g/mol. The van der Waals surface area contributed by atoms with E-state index in [0.717, 1.165) is 33.5 Å². The Morgan fingerprint density at radius 3 is 1.73 bits per heavy atom. The Balaban J connectivity index is 1.78. The Morgan fingerprint density at radius 2 is 1.22 bits per heavy atom. The first-order valence-electron chi connectivity index (χ1n) is 12.7. The van der Waals surface area contributed by atoms with Gasteiger partial charge in [-0.05, 0) is 89.8 Å². The third-order valence-corrected chi connectivity index (χ3v) is 7.75. The van der Waals surface area contributed by atoms with E-state index in [1.54, 1.807) is 0 Å². The standard InChI is InChI=1S/C33H33NO3/c1-18(2)23-8-7-9-24(16-23)25-10-11-28-29(17-25)34-32(37)33(28,26-12-19(3)30(35)20(4)13-26)27-14-21(5)31(36)22(6)15-27/h7-18,35-36H,1-6H3,(H,34,37). The van der Waals surface area contributed by atoms with Crippen molar-refractivity contribution in [3.63, 3.8) is 0 Å². The highest BCUT2D eigenvalue weighted by atomic mass is 16.3. The van der Waals surface area contributed by atoms with Crippen LogP contribution in [-0.4, -0.2) is 16.1 Å². The number of carbonyl (C=O) groups excluding carboxylic acids is 1. The van der Waals surface area contributed by atoms with E-state index in [2.05, 4.69) is 55.6 Å². The molecule has 0 spiro atoms. The molecule has 1 amide bonds. The molecule has 0 radical (unpaired) electrons. The summed E-state index contributed by atoms with van der Waals surface area (Å²) >= 11 is 0. The number of phenols is 2. The summed E-state index contributed by atoms with van der Waals surface area (Å²) in [6, 6.07) is 22.3. The molecule has 1 aliphatic rings. The van der Waals surface area contributed by atoms with E-state index in [9.17, 15) is 15.0 Å². The van der Waals surface area contributed by atoms with Crippen LogP contribution in [0.1, 0.15) is 64.3 Å². The second kappa shape index (κ2) is 8.81. The smallest absolute Gasteiger partial charge is 0.244 e. The van der Waals surface area contributed by atoms with Gasteiger partial charge in [0.25, 0.3) is 0 Å². The minimum Gasteiger partial charge on any atom is -0.507 e. The van der Waals surface area contributed by atoms with Crippen molar-refractivity contribution in [2.45, 2.75) is 52.9 Å². The third-order valence-electron chi connectivity index (χ3n) is 7.75. The van der Waals surface area contributed by atoms with Gasteiger partial charge in [0.05, 0.1) is 0 Å². The summed E-state index contributed by atoms with van der Waals surface area (Å²) in [7, 11) is 0. The number of hydrogen-bond donors (Lipinski definition) is 3. The van der Waals surface area contributed by atoms with Crippen LogP contribution in [0.3, 0.4) is 0 Å². The minimum absolute atomic E-state index is 0.149. The van der Waals surface area contributed by atoms with Crippen molar-refractivity contribution in [3.05, 3.63) is 111 Å². The molecular formula is C33H33NO3. The molecule has 0 atom stereocenters. The fourth-order valence-corrected chi connectivity index (χ4v) is 5.65. The Kier molecular flexibility index (Phi) is 5.86. The first kappa shape index (κ1) is 24.6. The fourth-order valence-electron chi connectivity index (χ4n) is 5.65. The number of phenolic OH excluding ortho intramolecular Hbond substituents is 2. The van der Waals surface area contributed by atoms with Gasteiger partial charge in [-0.25, -0.2) is 0 Å². The van der Waals surface area contributed by atoms with Gasteiger partial charge in [0.1, 0.15) is 16.9 Å². The zero-order valence-electron chi connectivity index (χ0n) is 22.2. The van der Waals surface area contributed by atoms with Crippen molar-refractivity contribution >= 4 is 11.6 Å². The lowest BCUT2D eigenvalue weighted by molar-refractivity contribution is -0.118. The van der Waals surface area contributed by atoms with Crippen molar-refractivity contribution in [3.8, 4) is 22.6 Å². The van der Waals surface area contributed by atoms with Crippen LogP contribution in [0.5, 0.6) is 11.5 Å². The predicted octanol–water partition coefficient (Wildman–Crippen LogP) is 7.41. The number of amides is 1. The topological polar surface area (TPSA) is 69.6 Å². The van der Waals surface area contributed by atoms with Gasteiger partial charge in [0, 0.05) is 11.3 Å². The molecule has 1 heterocycles. The summed E-state index contributed by atoms with van der Waals surface area (Å²) in [5.74, 6) is 0.736. The lowest BCUT2D eigenvalue weighted by Crippen LogP contribution is -2.37. The van der Waals surface area contributed by atoms with Gasteiger partial charge >= 0.3 is 0 Å². The lowest BCUT2D eigenvalue weighted by Gasteiger charge is -2.31.